The molecule has 6 heteroatoms. The normalized spacial score (nSPS) is 10.6. The third-order valence-electron chi connectivity index (χ3n) is 3.36. The van der Waals surface area contributed by atoms with Gasteiger partial charge in [-0.05, 0) is 31.2 Å². The zero-order chi connectivity index (χ0) is 15.7. The molecular formula is C16H14N4O2. The maximum atomic E-state index is 12.5. The number of hydrogen-bond donors (Lipinski definition) is 2. The van der Waals surface area contributed by atoms with Gasteiger partial charge in [-0.25, -0.2) is 9.66 Å². The third-order valence-corrected chi connectivity index (χ3v) is 3.36. The molecule has 0 saturated carbocycles. The lowest BCUT2D eigenvalue weighted by atomic mass is 10.2. The van der Waals surface area contributed by atoms with E-state index in [4.69, 9.17) is 5.73 Å². The van der Waals surface area contributed by atoms with Gasteiger partial charge in [-0.2, -0.15) is 0 Å². The van der Waals surface area contributed by atoms with Gasteiger partial charge in [0.1, 0.15) is 5.82 Å². The number of rotatable bonds is 2. The van der Waals surface area contributed by atoms with Crippen molar-refractivity contribution >= 4 is 22.5 Å². The van der Waals surface area contributed by atoms with Crippen molar-refractivity contribution in [1.29, 1.82) is 0 Å². The molecule has 3 aromatic rings. The Hall–Kier alpha value is -3.15. The highest BCUT2D eigenvalue weighted by atomic mass is 16.2. The summed E-state index contributed by atoms with van der Waals surface area (Å²) in [6.45, 7) is 1.66. The molecule has 3 rings (SSSR count). The lowest BCUT2D eigenvalue weighted by molar-refractivity contribution is 0.101. The molecule has 0 saturated heterocycles. The first-order valence-corrected chi connectivity index (χ1v) is 6.72. The minimum Gasteiger partial charge on any atom is -0.398 e. The summed E-state index contributed by atoms with van der Waals surface area (Å²) in [6, 6.07) is 13.7. The molecule has 0 bridgehead atoms. The molecule has 110 valence electrons. The van der Waals surface area contributed by atoms with Crippen LogP contribution in [0.15, 0.2) is 53.3 Å². The number of aromatic nitrogens is 2. The Kier molecular flexibility index (Phi) is 3.34. The molecule has 6 nitrogen and oxygen atoms in total. The van der Waals surface area contributed by atoms with Gasteiger partial charge in [0, 0.05) is 5.69 Å². The second-order valence-electron chi connectivity index (χ2n) is 4.84. The fraction of sp³-hybridized carbons (Fsp3) is 0.0625. The summed E-state index contributed by atoms with van der Waals surface area (Å²) in [6.07, 6.45) is 0. The first-order valence-electron chi connectivity index (χ1n) is 6.72. The van der Waals surface area contributed by atoms with Crippen molar-refractivity contribution in [2.24, 2.45) is 0 Å². The predicted molar refractivity (Wildman–Crippen MR) is 85.3 cm³/mol. The van der Waals surface area contributed by atoms with Crippen molar-refractivity contribution in [2.45, 2.75) is 6.92 Å². The number of aryl methyl sites for hydroxylation is 1. The zero-order valence-electron chi connectivity index (χ0n) is 11.9. The number of carbonyl (C=O) groups is 1. The van der Waals surface area contributed by atoms with Crippen molar-refractivity contribution in [2.75, 3.05) is 11.2 Å². The summed E-state index contributed by atoms with van der Waals surface area (Å²) in [5.74, 6) is -0.0630. The molecule has 0 unspecified atom stereocenters. The van der Waals surface area contributed by atoms with Crippen LogP contribution in [0.1, 0.15) is 16.2 Å². The van der Waals surface area contributed by atoms with Gasteiger partial charge in [0.15, 0.2) is 0 Å². The second kappa shape index (κ2) is 5.33. The Morgan fingerprint density at radius 2 is 1.82 bits per heavy atom. The van der Waals surface area contributed by atoms with Gasteiger partial charge < -0.3 is 5.73 Å². The van der Waals surface area contributed by atoms with Gasteiger partial charge >= 0.3 is 0 Å². The summed E-state index contributed by atoms with van der Waals surface area (Å²) in [7, 11) is 0. The number of amides is 1. The molecule has 0 fully saturated rings. The van der Waals surface area contributed by atoms with E-state index in [0.717, 1.165) is 4.68 Å². The van der Waals surface area contributed by atoms with Crippen molar-refractivity contribution in [1.82, 2.24) is 9.66 Å². The molecule has 1 amide bonds. The Labute approximate surface area is 126 Å². The van der Waals surface area contributed by atoms with E-state index in [0.29, 0.717) is 28.0 Å². The van der Waals surface area contributed by atoms with Crippen LogP contribution >= 0.6 is 0 Å². The molecule has 0 spiro atoms. The molecule has 0 radical (unpaired) electrons. The molecule has 22 heavy (non-hydrogen) atoms. The maximum Gasteiger partial charge on any atom is 0.280 e. The summed E-state index contributed by atoms with van der Waals surface area (Å²) < 4.78 is 1.14. The number of hydrogen-bond acceptors (Lipinski definition) is 4. The van der Waals surface area contributed by atoms with E-state index < -0.39 is 5.91 Å². The van der Waals surface area contributed by atoms with Crippen LogP contribution in [0.5, 0.6) is 0 Å². The number of nitrogens with two attached hydrogens (primary N) is 1. The summed E-state index contributed by atoms with van der Waals surface area (Å²) in [5.41, 5.74) is 9.25. The molecule has 0 aliphatic rings. The van der Waals surface area contributed by atoms with Crippen molar-refractivity contribution in [3.8, 4) is 0 Å². The van der Waals surface area contributed by atoms with E-state index >= 15 is 0 Å². The van der Waals surface area contributed by atoms with Gasteiger partial charge in [-0.3, -0.25) is 15.0 Å². The largest absolute Gasteiger partial charge is 0.398 e. The highest BCUT2D eigenvalue weighted by Gasteiger charge is 2.13. The maximum absolute atomic E-state index is 12.5. The molecular weight excluding hydrogens is 280 g/mol. The van der Waals surface area contributed by atoms with E-state index in [9.17, 15) is 9.59 Å². The smallest absolute Gasteiger partial charge is 0.280 e. The van der Waals surface area contributed by atoms with Gasteiger partial charge in [0.05, 0.1) is 16.5 Å². The zero-order valence-corrected chi connectivity index (χ0v) is 11.9. The minimum absolute atomic E-state index is 0.307. The van der Waals surface area contributed by atoms with Crippen LogP contribution in [-0.2, 0) is 0 Å². The van der Waals surface area contributed by atoms with Crippen LogP contribution in [-0.4, -0.2) is 15.6 Å². The molecule has 3 N–H and O–H groups in total. The topological polar surface area (TPSA) is 90.0 Å². The lowest BCUT2D eigenvalue weighted by Gasteiger charge is -2.12. The summed E-state index contributed by atoms with van der Waals surface area (Å²) >= 11 is 0. The van der Waals surface area contributed by atoms with Crippen molar-refractivity contribution in [3.63, 3.8) is 0 Å². The molecule has 1 heterocycles. The Morgan fingerprint density at radius 1 is 1.14 bits per heavy atom. The molecule has 0 atom stereocenters. The fourth-order valence-corrected chi connectivity index (χ4v) is 2.24. The first-order chi connectivity index (χ1) is 10.6. The molecule has 0 aliphatic heterocycles. The second-order valence-corrected chi connectivity index (χ2v) is 4.84. The van der Waals surface area contributed by atoms with Crippen LogP contribution in [0.25, 0.3) is 10.9 Å². The molecule has 2 aromatic carbocycles. The number of benzene rings is 2. The Balaban J connectivity index is 2.06. The highest BCUT2D eigenvalue weighted by molar-refractivity contribution is 6.04. The number of nitrogens with one attached hydrogen (secondary N) is 1. The third kappa shape index (κ3) is 2.31. The van der Waals surface area contributed by atoms with Gasteiger partial charge in [-0.1, -0.05) is 24.3 Å². The number of anilines is 1. The van der Waals surface area contributed by atoms with Crippen molar-refractivity contribution < 1.29 is 4.79 Å². The summed E-state index contributed by atoms with van der Waals surface area (Å²) in [4.78, 5) is 29.1. The van der Waals surface area contributed by atoms with Crippen LogP contribution in [0, 0.1) is 6.92 Å². The van der Waals surface area contributed by atoms with E-state index in [1.807, 2.05) is 6.07 Å². The molecule has 1 aromatic heterocycles. The number of para-hydroxylation sites is 2. The lowest BCUT2D eigenvalue weighted by Crippen LogP contribution is -2.35. The first kappa shape index (κ1) is 13.8. The van der Waals surface area contributed by atoms with Crippen LogP contribution in [0.4, 0.5) is 5.69 Å². The van der Waals surface area contributed by atoms with E-state index in [1.165, 1.54) is 0 Å². The Morgan fingerprint density at radius 3 is 2.59 bits per heavy atom. The van der Waals surface area contributed by atoms with Crippen LogP contribution in [0.2, 0.25) is 0 Å². The number of nitrogens with zero attached hydrogens (tertiary/aromatic N) is 2. The van der Waals surface area contributed by atoms with Gasteiger partial charge in [0.2, 0.25) is 0 Å². The van der Waals surface area contributed by atoms with Crippen LogP contribution < -0.4 is 16.7 Å². The fourth-order valence-electron chi connectivity index (χ4n) is 2.24. The summed E-state index contributed by atoms with van der Waals surface area (Å²) in [5, 5.41) is 0.439. The van der Waals surface area contributed by atoms with Gasteiger partial charge in [0.25, 0.3) is 11.5 Å². The molecule has 0 aliphatic carbocycles. The van der Waals surface area contributed by atoms with E-state index in [-0.39, 0.29) is 5.56 Å². The Bertz CT molecular complexity index is 931. The highest BCUT2D eigenvalue weighted by Crippen LogP contribution is 2.11. The SMILES string of the molecule is Cc1nc2ccccc2c(=O)n1NC(=O)c1ccccc1N. The quantitative estimate of drug-likeness (QED) is 0.703. The minimum atomic E-state index is -0.458. The number of carbonyl (C=O) groups excluding carboxylic acids is 1. The monoisotopic (exact) mass is 294 g/mol. The van der Waals surface area contributed by atoms with E-state index in [1.54, 1.807) is 49.4 Å². The van der Waals surface area contributed by atoms with Crippen molar-refractivity contribution in [3.05, 3.63) is 70.3 Å². The van der Waals surface area contributed by atoms with Gasteiger partial charge in [-0.15, -0.1) is 0 Å². The number of fused-ring (bicyclic) bond motifs is 1. The average molecular weight is 294 g/mol. The number of nitrogen functional groups attached to an aromatic ring is 1. The van der Waals surface area contributed by atoms with Crippen LogP contribution in [0.3, 0.4) is 0 Å². The van der Waals surface area contributed by atoms with E-state index in [2.05, 4.69) is 10.4 Å². The predicted octanol–water partition coefficient (Wildman–Crippen LogP) is 1.67. The standard InChI is InChI=1S/C16H14N4O2/c1-10-18-14-9-5-3-7-12(14)16(22)20(10)19-15(21)11-6-2-4-8-13(11)17/h2-9H,17H2,1H3,(H,19,21). The average Bonchev–Trinajstić information content (AvgIpc) is 2.51.